The fraction of sp³-hybridized carbons (Fsp3) is 1.00. The lowest BCUT2D eigenvalue weighted by atomic mass is 10.3. The van der Waals surface area contributed by atoms with Gasteiger partial charge in [-0.2, -0.15) is 8.42 Å². The zero-order valence-corrected chi connectivity index (χ0v) is 7.60. The summed E-state index contributed by atoms with van der Waals surface area (Å²) >= 11 is 3.02. The molecule has 0 amide bonds. The van der Waals surface area contributed by atoms with Gasteiger partial charge in [0.25, 0.3) is 10.1 Å². The van der Waals surface area contributed by atoms with E-state index in [0.717, 1.165) is 0 Å². The van der Waals surface area contributed by atoms with Crippen molar-refractivity contribution in [2.45, 2.75) is 12.5 Å². The third kappa shape index (κ3) is 6.47. The number of hydrogen-bond acceptors (Lipinski definition) is 3. The van der Waals surface area contributed by atoms with Crippen LogP contribution >= 0.6 is 15.9 Å². The van der Waals surface area contributed by atoms with E-state index in [-0.39, 0.29) is 0 Å². The molecule has 2 N–H and O–H groups in total. The van der Waals surface area contributed by atoms with Gasteiger partial charge >= 0.3 is 0 Å². The summed E-state index contributed by atoms with van der Waals surface area (Å²) in [6.07, 6.45) is -0.658. The van der Waals surface area contributed by atoms with Crippen molar-refractivity contribution >= 4 is 26.0 Å². The molecule has 0 heterocycles. The second-order valence-corrected chi connectivity index (χ2v) is 4.17. The van der Waals surface area contributed by atoms with Crippen molar-refractivity contribution in [3.63, 3.8) is 0 Å². The molecule has 0 aromatic carbocycles. The van der Waals surface area contributed by atoms with Crippen molar-refractivity contribution in [1.82, 2.24) is 0 Å². The Bertz CT molecular complexity index is 176. The quantitative estimate of drug-likeness (QED) is 0.530. The summed E-state index contributed by atoms with van der Waals surface area (Å²) in [5, 5.41) is 9.33. The SMILES string of the molecule is O=S(=O)(O)CC(O)CCBr. The van der Waals surface area contributed by atoms with E-state index in [1.807, 2.05) is 0 Å². The molecule has 0 spiro atoms. The summed E-state index contributed by atoms with van der Waals surface area (Å²) in [4.78, 5) is 0. The molecule has 1 unspecified atom stereocenters. The van der Waals surface area contributed by atoms with Gasteiger partial charge in [0.15, 0.2) is 0 Å². The molecule has 1 atom stereocenters. The van der Waals surface area contributed by atoms with Crippen LogP contribution < -0.4 is 0 Å². The highest BCUT2D eigenvalue weighted by Gasteiger charge is 2.12. The van der Waals surface area contributed by atoms with Crippen molar-refractivity contribution < 1.29 is 18.1 Å². The predicted octanol–water partition coefficient (Wildman–Crippen LogP) is 0.0201. The maximum atomic E-state index is 10.1. The molecule has 0 aliphatic rings. The minimum atomic E-state index is -4.02. The summed E-state index contributed by atoms with van der Waals surface area (Å²) < 4.78 is 28.4. The number of aliphatic hydroxyl groups excluding tert-OH is 1. The van der Waals surface area contributed by atoms with E-state index in [9.17, 15) is 8.42 Å². The average molecular weight is 233 g/mol. The Morgan fingerprint density at radius 3 is 2.30 bits per heavy atom. The van der Waals surface area contributed by atoms with Crippen molar-refractivity contribution in [2.75, 3.05) is 11.1 Å². The largest absolute Gasteiger partial charge is 0.392 e. The van der Waals surface area contributed by atoms with Crippen LogP contribution in [0.4, 0.5) is 0 Å². The molecule has 0 aromatic heterocycles. The Labute approximate surface area is 68.1 Å². The van der Waals surface area contributed by atoms with Gasteiger partial charge in [0.2, 0.25) is 0 Å². The van der Waals surface area contributed by atoms with Crippen LogP contribution in [-0.2, 0) is 10.1 Å². The number of rotatable bonds is 4. The third-order valence-electron chi connectivity index (χ3n) is 0.845. The third-order valence-corrected chi connectivity index (χ3v) is 2.11. The second kappa shape index (κ2) is 4.27. The van der Waals surface area contributed by atoms with Gasteiger partial charge in [-0.05, 0) is 6.42 Å². The minimum Gasteiger partial charge on any atom is -0.392 e. The first-order valence-corrected chi connectivity index (χ1v) is 5.38. The monoisotopic (exact) mass is 232 g/mol. The van der Waals surface area contributed by atoms with Crippen LogP contribution in [-0.4, -0.2) is 35.3 Å². The van der Waals surface area contributed by atoms with Gasteiger partial charge < -0.3 is 5.11 Å². The van der Waals surface area contributed by atoms with E-state index < -0.39 is 22.0 Å². The first-order chi connectivity index (χ1) is 4.45. The number of alkyl halides is 1. The van der Waals surface area contributed by atoms with Crippen molar-refractivity contribution in [3.05, 3.63) is 0 Å². The lowest BCUT2D eigenvalue weighted by Crippen LogP contribution is -2.20. The molecule has 0 radical (unpaired) electrons. The van der Waals surface area contributed by atoms with Crippen molar-refractivity contribution in [2.24, 2.45) is 0 Å². The summed E-state index contributed by atoms with van der Waals surface area (Å²) in [5.41, 5.74) is 0. The van der Waals surface area contributed by atoms with E-state index in [2.05, 4.69) is 15.9 Å². The van der Waals surface area contributed by atoms with Crippen LogP contribution in [0.25, 0.3) is 0 Å². The van der Waals surface area contributed by atoms with E-state index >= 15 is 0 Å². The molecule has 0 fully saturated rings. The van der Waals surface area contributed by atoms with Gasteiger partial charge in [-0.3, -0.25) is 4.55 Å². The molecule has 0 aliphatic heterocycles. The van der Waals surface area contributed by atoms with E-state index in [1.165, 1.54) is 0 Å². The Balaban J connectivity index is 3.69. The van der Waals surface area contributed by atoms with Gasteiger partial charge in [-0.1, -0.05) is 15.9 Å². The molecule has 0 saturated heterocycles. The van der Waals surface area contributed by atoms with Gasteiger partial charge in [0.05, 0.1) is 6.10 Å². The van der Waals surface area contributed by atoms with Crippen LogP contribution in [0.1, 0.15) is 6.42 Å². The van der Waals surface area contributed by atoms with E-state index in [0.29, 0.717) is 11.8 Å². The lowest BCUT2D eigenvalue weighted by Gasteiger charge is -2.04. The molecule has 0 aliphatic carbocycles. The molecule has 0 bridgehead atoms. The smallest absolute Gasteiger partial charge is 0.267 e. The van der Waals surface area contributed by atoms with E-state index in [1.54, 1.807) is 0 Å². The molecule has 0 saturated carbocycles. The van der Waals surface area contributed by atoms with Gasteiger partial charge in [0, 0.05) is 5.33 Å². The maximum absolute atomic E-state index is 10.1. The summed E-state index contributed by atoms with van der Waals surface area (Å²) in [5.74, 6) is -0.585. The highest BCUT2D eigenvalue weighted by molar-refractivity contribution is 9.09. The zero-order chi connectivity index (χ0) is 8.20. The minimum absolute atomic E-state index is 0.319. The first-order valence-electron chi connectivity index (χ1n) is 2.65. The normalized spacial score (nSPS) is 15.1. The lowest BCUT2D eigenvalue weighted by molar-refractivity contribution is 0.192. The molecular formula is C4H9BrO4S. The highest BCUT2D eigenvalue weighted by atomic mass is 79.9. The van der Waals surface area contributed by atoms with E-state index in [4.69, 9.17) is 9.66 Å². The Morgan fingerprint density at radius 1 is 1.50 bits per heavy atom. The standard InChI is InChI=1S/C4H9BrO4S/c5-2-1-4(6)3-10(7,8)9/h4,6H,1-3H2,(H,7,8,9). The topological polar surface area (TPSA) is 74.6 Å². The Hall–Kier alpha value is 0.350. The molecular weight excluding hydrogens is 224 g/mol. The second-order valence-electron chi connectivity index (χ2n) is 1.88. The summed E-state index contributed by atoms with van der Waals surface area (Å²) in [6.45, 7) is 0. The summed E-state index contributed by atoms with van der Waals surface area (Å²) in [7, 11) is -4.02. The van der Waals surface area contributed by atoms with Crippen LogP contribution in [0.2, 0.25) is 0 Å². The molecule has 0 aromatic rings. The van der Waals surface area contributed by atoms with Crippen LogP contribution in [0, 0.1) is 0 Å². The Kier molecular flexibility index (Phi) is 4.42. The van der Waals surface area contributed by atoms with Crippen LogP contribution in [0.5, 0.6) is 0 Å². The van der Waals surface area contributed by atoms with Crippen molar-refractivity contribution in [3.8, 4) is 0 Å². The fourth-order valence-electron chi connectivity index (χ4n) is 0.452. The predicted molar refractivity (Wildman–Crippen MR) is 40.8 cm³/mol. The van der Waals surface area contributed by atoms with Gasteiger partial charge in [-0.25, -0.2) is 0 Å². The average Bonchev–Trinajstić information content (AvgIpc) is 1.59. The number of aliphatic hydroxyl groups is 1. The van der Waals surface area contributed by atoms with Gasteiger partial charge in [-0.15, -0.1) is 0 Å². The van der Waals surface area contributed by atoms with Crippen molar-refractivity contribution in [1.29, 1.82) is 0 Å². The van der Waals surface area contributed by atoms with Gasteiger partial charge in [0.1, 0.15) is 5.75 Å². The molecule has 6 heteroatoms. The first kappa shape index (κ1) is 10.3. The zero-order valence-electron chi connectivity index (χ0n) is 5.20. The number of halogens is 1. The maximum Gasteiger partial charge on any atom is 0.267 e. The highest BCUT2D eigenvalue weighted by Crippen LogP contribution is 1.98. The summed E-state index contributed by atoms with van der Waals surface area (Å²) in [6, 6.07) is 0. The fourth-order valence-corrected chi connectivity index (χ4v) is 1.63. The molecule has 4 nitrogen and oxygen atoms in total. The molecule has 62 valence electrons. The molecule has 0 rings (SSSR count). The molecule has 10 heavy (non-hydrogen) atoms. The Morgan fingerprint density at radius 2 is 2.00 bits per heavy atom. The van der Waals surface area contributed by atoms with Crippen LogP contribution in [0.15, 0.2) is 0 Å². The number of hydrogen-bond donors (Lipinski definition) is 2. The van der Waals surface area contributed by atoms with Crippen LogP contribution in [0.3, 0.4) is 0 Å².